The van der Waals surface area contributed by atoms with E-state index in [2.05, 4.69) is 23.7 Å². The first-order valence-electron chi connectivity index (χ1n) is 12.4. The van der Waals surface area contributed by atoms with Crippen molar-refractivity contribution in [2.75, 3.05) is 11.5 Å². The zero-order valence-corrected chi connectivity index (χ0v) is 22.2. The molecule has 0 bridgehead atoms. The molecule has 1 aliphatic heterocycles. The van der Waals surface area contributed by atoms with Crippen LogP contribution in [0, 0.1) is 11.3 Å². The largest absolute Gasteiger partial charge is 0.573 e. The van der Waals surface area contributed by atoms with E-state index < -0.39 is 16.2 Å². The van der Waals surface area contributed by atoms with Gasteiger partial charge in [0, 0.05) is 30.4 Å². The van der Waals surface area contributed by atoms with Gasteiger partial charge in [0.05, 0.1) is 29.1 Å². The van der Waals surface area contributed by atoms with Crippen LogP contribution in [0.3, 0.4) is 0 Å². The van der Waals surface area contributed by atoms with E-state index in [4.69, 9.17) is 4.98 Å². The molecule has 0 aliphatic carbocycles. The molecule has 1 aromatic carbocycles. The number of pyridine rings is 1. The molecule has 5 rings (SSSR count). The number of hydrogen-bond donors (Lipinski definition) is 0. The Hall–Kier alpha value is -3.34. The van der Waals surface area contributed by atoms with Gasteiger partial charge in [-0.1, -0.05) is 13.8 Å². The predicted molar refractivity (Wildman–Crippen MR) is 139 cm³/mol. The third-order valence-corrected chi connectivity index (χ3v) is 9.23. The monoisotopic (exact) mass is 546 g/mol. The Morgan fingerprint density at radius 3 is 2.42 bits per heavy atom. The summed E-state index contributed by atoms with van der Waals surface area (Å²) >= 11 is 0. The van der Waals surface area contributed by atoms with Crippen molar-refractivity contribution in [3.8, 4) is 22.7 Å². The number of fused-ring (bicyclic) bond motifs is 1. The zero-order chi connectivity index (χ0) is 27.3. The van der Waals surface area contributed by atoms with E-state index in [0.29, 0.717) is 23.3 Å². The Bertz CT molecular complexity index is 1570. The van der Waals surface area contributed by atoms with Gasteiger partial charge in [0.25, 0.3) is 0 Å². The van der Waals surface area contributed by atoms with Crippen molar-refractivity contribution in [3.63, 3.8) is 0 Å². The molecular formula is C27H29F3N4O3S. The standard InChI is InChI=1S/C27H29F3N4O3S/c1-26(2,20-11-13-38(35,36)17-20)12-10-19-15-34(21-14-31-33(3)16-21)25-23(19)8-9-24(32-25)18-4-6-22(7-5-18)37-27(28,29)30/h4-9,14-16,20H,10-13,17H2,1-3H3. The maximum Gasteiger partial charge on any atom is 0.573 e. The number of alkyl halides is 3. The highest BCUT2D eigenvalue weighted by Crippen LogP contribution is 2.40. The molecule has 7 nitrogen and oxygen atoms in total. The summed E-state index contributed by atoms with van der Waals surface area (Å²) in [6.07, 6.45) is 3.19. The van der Waals surface area contributed by atoms with Gasteiger partial charge >= 0.3 is 6.36 Å². The number of rotatable bonds is 7. The quantitative estimate of drug-likeness (QED) is 0.296. The van der Waals surface area contributed by atoms with Crippen LogP contribution in [0.1, 0.15) is 32.3 Å². The number of sulfone groups is 1. The Kier molecular flexibility index (Phi) is 6.53. The van der Waals surface area contributed by atoms with Crippen molar-refractivity contribution < 1.29 is 26.3 Å². The molecule has 1 fully saturated rings. The molecule has 4 heterocycles. The van der Waals surface area contributed by atoms with Crippen LogP contribution in [0.5, 0.6) is 5.75 Å². The topological polar surface area (TPSA) is 79.0 Å². The molecule has 0 spiro atoms. The van der Waals surface area contributed by atoms with Crippen LogP contribution in [-0.2, 0) is 23.3 Å². The van der Waals surface area contributed by atoms with E-state index in [-0.39, 0.29) is 28.6 Å². The first-order chi connectivity index (χ1) is 17.8. The molecule has 1 atom stereocenters. The molecule has 1 aliphatic rings. The lowest BCUT2D eigenvalue weighted by atomic mass is 9.74. The third-order valence-electron chi connectivity index (χ3n) is 7.46. The highest BCUT2D eigenvalue weighted by molar-refractivity contribution is 7.91. The number of hydrogen-bond acceptors (Lipinski definition) is 5. The summed E-state index contributed by atoms with van der Waals surface area (Å²) in [5.74, 6) is 0.348. The second-order valence-electron chi connectivity index (χ2n) is 10.6. The van der Waals surface area contributed by atoms with E-state index in [1.54, 1.807) is 23.0 Å². The summed E-state index contributed by atoms with van der Waals surface area (Å²) in [6.45, 7) is 4.28. The molecule has 4 aromatic rings. The second kappa shape index (κ2) is 9.44. The van der Waals surface area contributed by atoms with Gasteiger partial charge in [-0.3, -0.25) is 9.25 Å². The van der Waals surface area contributed by atoms with E-state index in [0.717, 1.165) is 29.5 Å². The van der Waals surface area contributed by atoms with E-state index in [1.165, 1.54) is 12.1 Å². The predicted octanol–water partition coefficient (Wildman–Crippen LogP) is 5.72. The van der Waals surface area contributed by atoms with Crippen LogP contribution < -0.4 is 4.74 Å². The number of nitrogens with zero attached hydrogens (tertiary/aromatic N) is 4. The summed E-state index contributed by atoms with van der Waals surface area (Å²) in [7, 11) is -1.12. The minimum atomic E-state index is -4.75. The van der Waals surface area contributed by atoms with Gasteiger partial charge in [0.15, 0.2) is 9.84 Å². The van der Waals surface area contributed by atoms with Gasteiger partial charge in [-0.05, 0) is 72.6 Å². The normalized spacial score (nSPS) is 17.8. The fraction of sp³-hybridized carbons (Fsp3) is 0.407. The molecule has 0 radical (unpaired) electrons. The highest BCUT2D eigenvalue weighted by atomic mass is 32.2. The molecule has 11 heteroatoms. The molecule has 0 N–H and O–H groups in total. The first kappa shape index (κ1) is 26.3. The van der Waals surface area contributed by atoms with Crippen LogP contribution >= 0.6 is 0 Å². The molecule has 1 unspecified atom stereocenters. The van der Waals surface area contributed by atoms with Gasteiger partial charge in [-0.2, -0.15) is 5.10 Å². The zero-order valence-electron chi connectivity index (χ0n) is 21.4. The number of ether oxygens (including phenoxy) is 1. The molecule has 202 valence electrons. The Morgan fingerprint density at radius 1 is 1.08 bits per heavy atom. The Labute approximate surface area is 219 Å². The van der Waals surface area contributed by atoms with Crippen molar-refractivity contribution >= 4 is 20.9 Å². The van der Waals surface area contributed by atoms with Crippen LogP contribution in [0.4, 0.5) is 13.2 Å². The fourth-order valence-electron chi connectivity index (χ4n) is 5.16. The number of aromatic nitrogens is 4. The van der Waals surface area contributed by atoms with Crippen LogP contribution in [0.15, 0.2) is 55.0 Å². The van der Waals surface area contributed by atoms with E-state index in [9.17, 15) is 21.6 Å². The van der Waals surface area contributed by atoms with Crippen LogP contribution in [0.2, 0.25) is 0 Å². The molecule has 0 saturated carbocycles. The third kappa shape index (κ3) is 5.57. The number of halogens is 3. The fourth-order valence-corrected chi connectivity index (χ4v) is 7.20. The van der Waals surface area contributed by atoms with Crippen LogP contribution in [0.25, 0.3) is 28.0 Å². The Morgan fingerprint density at radius 2 is 1.82 bits per heavy atom. The average molecular weight is 547 g/mol. The first-order valence-corrected chi connectivity index (χ1v) is 14.2. The van der Waals surface area contributed by atoms with Crippen molar-refractivity contribution in [1.29, 1.82) is 0 Å². The SMILES string of the molecule is Cn1cc(-n2cc(CCC(C)(C)C3CCS(=O)(=O)C3)c3ccc(-c4ccc(OC(F)(F)F)cc4)nc32)cn1. The maximum atomic E-state index is 12.5. The second-order valence-corrected chi connectivity index (χ2v) is 12.9. The van der Waals surface area contributed by atoms with Gasteiger partial charge in [0.2, 0.25) is 0 Å². The highest BCUT2D eigenvalue weighted by Gasteiger charge is 2.38. The number of benzene rings is 1. The molecule has 3 aromatic heterocycles. The van der Waals surface area contributed by atoms with Gasteiger partial charge < -0.3 is 4.74 Å². The summed E-state index contributed by atoms with van der Waals surface area (Å²) in [6, 6.07) is 9.47. The minimum Gasteiger partial charge on any atom is -0.406 e. The summed E-state index contributed by atoms with van der Waals surface area (Å²) in [5, 5.41) is 5.25. The summed E-state index contributed by atoms with van der Waals surface area (Å²) in [4.78, 5) is 4.88. The van der Waals surface area contributed by atoms with Gasteiger partial charge in [-0.25, -0.2) is 13.4 Å². The summed E-state index contributed by atoms with van der Waals surface area (Å²) < 4.78 is 69.4. The van der Waals surface area contributed by atoms with E-state index in [1.807, 2.05) is 36.1 Å². The smallest absolute Gasteiger partial charge is 0.406 e. The number of aryl methyl sites for hydroxylation is 2. The van der Waals surface area contributed by atoms with Crippen molar-refractivity contribution in [1.82, 2.24) is 19.3 Å². The molecule has 38 heavy (non-hydrogen) atoms. The van der Waals surface area contributed by atoms with Gasteiger partial charge in [0.1, 0.15) is 11.4 Å². The van der Waals surface area contributed by atoms with Crippen LogP contribution in [-0.4, -0.2) is 45.6 Å². The maximum absolute atomic E-state index is 12.5. The lowest BCUT2D eigenvalue weighted by Crippen LogP contribution is -2.25. The summed E-state index contributed by atoms with van der Waals surface area (Å²) in [5.41, 5.74) is 3.77. The lowest BCUT2D eigenvalue weighted by Gasteiger charge is -2.30. The molecule has 0 amide bonds. The van der Waals surface area contributed by atoms with Crippen molar-refractivity contribution in [2.24, 2.45) is 18.4 Å². The average Bonchev–Trinajstić information content (AvgIpc) is 3.53. The lowest BCUT2D eigenvalue weighted by molar-refractivity contribution is -0.274. The van der Waals surface area contributed by atoms with Gasteiger partial charge in [-0.15, -0.1) is 13.2 Å². The molecular weight excluding hydrogens is 517 g/mol. The molecule has 1 saturated heterocycles. The van der Waals surface area contributed by atoms with E-state index >= 15 is 0 Å². The van der Waals surface area contributed by atoms with Crippen molar-refractivity contribution in [3.05, 3.63) is 60.6 Å². The minimum absolute atomic E-state index is 0.133. The Balaban J connectivity index is 1.47. The van der Waals surface area contributed by atoms with Crippen molar-refractivity contribution in [2.45, 2.75) is 39.5 Å².